The Hall–Kier alpha value is -1.87. The zero-order chi connectivity index (χ0) is 30.0. The molecule has 228 valence electrons. The first-order chi connectivity index (χ1) is 18.5. The molecule has 2 aliphatic rings. The summed E-state index contributed by atoms with van der Waals surface area (Å²) in [6.45, 7) is -0.812. The molecule has 3 rings (SSSR count). The average Bonchev–Trinajstić information content (AvgIpc) is 3.13. The molecule has 0 bridgehead atoms. The number of nitrogens with one attached hydrogen (secondary N) is 1. The van der Waals surface area contributed by atoms with Crippen LogP contribution in [0.2, 0.25) is 0 Å². The van der Waals surface area contributed by atoms with Gasteiger partial charge in [0.05, 0.1) is 13.2 Å². The molecule has 40 heavy (non-hydrogen) atoms. The normalized spacial score (nSPS) is 36.2. The maximum absolute atomic E-state index is 12.4. The first-order valence-corrected chi connectivity index (χ1v) is 14.6. The van der Waals surface area contributed by atoms with Crippen molar-refractivity contribution in [2.24, 2.45) is 4.99 Å². The molecule has 0 amide bonds. The van der Waals surface area contributed by atoms with E-state index < -0.39 is 107 Å². The van der Waals surface area contributed by atoms with Crippen LogP contribution in [-0.2, 0) is 32.2 Å². The van der Waals surface area contributed by atoms with Crippen LogP contribution in [0.1, 0.15) is 13.2 Å². The summed E-state index contributed by atoms with van der Waals surface area (Å²) in [4.78, 5) is 48.5. The van der Waals surface area contributed by atoms with Gasteiger partial charge in [0.1, 0.15) is 42.7 Å². The maximum Gasteiger partial charge on any atom is 0.479 e. The van der Waals surface area contributed by atoms with E-state index in [0.29, 0.717) is 0 Å². The Morgan fingerprint density at radius 2 is 1.75 bits per heavy atom. The molecular weight excluding hydrogens is 592 g/mol. The Morgan fingerprint density at radius 1 is 1.10 bits per heavy atom. The van der Waals surface area contributed by atoms with E-state index in [0.717, 1.165) is 23.8 Å². The predicted octanol–water partition coefficient (Wildman–Crippen LogP) is -4.96. The molecule has 3 heterocycles. The van der Waals surface area contributed by atoms with E-state index in [-0.39, 0.29) is 0 Å². The number of phosphoric ester groups is 1. The van der Waals surface area contributed by atoms with Crippen LogP contribution in [0.3, 0.4) is 0 Å². The number of hydrogen-bond acceptors (Lipinski definition) is 16. The Kier molecular flexibility index (Phi) is 10.6. The number of H-pyrrole nitrogens is 1. The molecule has 2 unspecified atom stereocenters. The number of hydrogen-bond donors (Lipinski definition) is 8. The zero-order valence-electron chi connectivity index (χ0n) is 20.5. The molecule has 2 aliphatic heterocycles. The molecule has 0 aromatic carbocycles. The average molecular weight is 620 g/mol. The summed E-state index contributed by atoms with van der Waals surface area (Å²) >= 11 is 0. The van der Waals surface area contributed by atoms with Gasteiger partial charge in [0.2, 0.25) is 0 Å². The molecule has 0 radical (unpaired) electrons. The van der Waals surface area contributed by atoms with Gasteiger partial charge in [0.15, 0.2) is 18.9 Å². The Labute approximate surface area is 223 Å². The fourth-order valence-corrected chi connectivity index (χ4v) is 6.16. The van der Waals surface area contributed by atoms with E-state index in [4.69, 9.17) is 14.2 Å². The number of aliphatic hydroxyl groups is 5. The lowest BCUT2D eigenvalue weighted by atomic mass is 9.97. The molecule has 8 N–H and O–H groups in total. The van der Waals surface area contributed by atoms with E-state index >= 15 is 0 Å². The number of aromatic nitrogens is 2. The van der Waals surface area contributed by atoms with Crippen LogP contribution in [0.15, 0.2) is 26.8 Å². The third-order valence-electron chi connectivity index (χ3n) is 5.68. The topological polar surface area (TPSA) is 312 Å². The van der Waals surface area contributed by atoms with Crippen molar-refractivity contribution in [3.63, 3.8) is 0 Å². The van der Waals surface area contributed by atoms with Crippen molar-refractivity contribution in [1.82, 2.24) is 9.55 Å². The Morgan fingerprint density at radius 3 is 2.35 bits per heavy atom. The smallest absolute Gasteiger partial charge is 0.479 e. The van der Waals surface area contributed by atoms with E-state index in [1.165, 1.54) is 0 Å². The standard InChI is InChI=1S/C18H29N3O17P2/c1-7(23)19-11-14(27)12(25)8(4-22)37-17(11)34-6-39(30,31)38-40(32,33)35-5-9-13(26)15(28)16(36-9)21-3-2-10(24)20-18(21)29/h2-3,8-9,11-17,22,25-28H,4-6H2,1H3,(H,19,23)(H,30,31)(H,32,33)(H,20,24,29)/p-1/t8-,9-,11-,12-,13-,14-,15-,16-,17+/m1/s1. The summed E-state index contributed by atoms with van der Waals surface area (Å²) in [5.41, 5.74) is -1.74. The van der Waals surface area contributed by atoms with E-state index in [2.05, 4.69) is 13.8 Å². The third kappa shape index (κ3) is 7.90. The van der Waals surface area contributed by atoms with Crippen LogP contribution < -0.4 is 16.4 Å². The Balaban J connectivity index is 1.61. The van der Waals surface area contributed by atoms with Gasteiger partial charge in [-0.2, -0.15) is 0 Å². The van der Waals surface area contributed by atoms with Gasteiger partial charge in [-0.1, -0.05) is 0 Å². The molecule has 0 spiro atoms. The molecule has 1 aromatic rings. The molecule has 2 fully saturated rings. The van der Waals surface area contributed by atoms with Crippen LogP contribution in [-0.4, -0.2) is 119 Å². The van der Waals surface area contributed by atoms with Gasteiger partial charge in [-0.3, -0.25) is 28.4 Å². The lowest BCUT2D eigenvalue weighted by Crippen LogP contribution is -2.59. The van der Waals surface area contributed by atoms with Gasteiger partial charge in [-0.05, 0) is 12.8 Å². The molecule has 20 nitrogen and oxygen atoms in total. The van der Waals surface area contributed by atoms with Crippen molar-refractivity contribution in [2.75, 3.05) is 19.6 Å². The minimum Gasteiger partial charge on any atom is -0.862 e. The summed E-state index contributed by atoms with van der Waals surface area (Å²) in [7, 11) is -10.6. The number of rotatable bonds is 11. The lowest BCUT2D eigenvalue weighted by molar-refractivity contribution is -0.264. The number of aromatic amines is 1. The van der Waals surface area contributed by atoms with E-state index in [1.54, 1.807) is 0 Å². The predicted molar refractivity (Wildman–Crippen MR) is 125 cm³/mol. The highest BCUT2D eigenvalue weighted by Gasteiger charge is 2.47. The SMILES string of the molecule is CC([O-])=N[C@H]1[C@@H](OCP(=O)(O)OP(=O)(O)OC[C@H]2O[C@@H](n3ccc(=O)[nH]c3=O)[C@H](O)[C@@H]2O)O[C@H](CO)[C@@H](O)[C@@H]1O. The summed E-state index contributed by atoms with van der Waals surface area (Å²) in [5.74, 6) is -0.832. The quantitative estimate of drug-likeness (QED) is 0.0652. The number of aliphatic hydroxyl groups excluding tert-OH is 5. The Bertz CT molecular complexity index is 1270. The monoisotopic (exact) mass is 620 g/mol. The second-order valence-electron chi connectivity index (χ2n) is 8.69. The van der Waals surface area contributed by atoms with Gasteiger partial charge in [0, 0.05) is 12.3 Å². The van der Waals surface area contributed by atoms with Crippen molar-refractivity contribution in [3.8, 4) is 0 Å². The fraction of sp³-hybridized carbons (Fsp3) is 0.722. The first-order valence-electron chi connectivity index (χ1n) is 11.3. The van der Waals surface area contributed by atoms with E-state index in [1.807, 2.05) is 4.98 Å². The molecule has 0 aliphatic carbocycles. The highest BCUT2D eigenvalue weighted by Crippen LogP contribution is 2.60. The van der Waals surface area contributed by atoms with Crippen molar-refractivity contribution in [2.45, 2.75) is 62.1 Å². The van der Waals surface area contributed by atoms with Crippen molar-refractivity contribution in [3.05, 3.63) is 33.1 Å². The highest BCUT2D eigenvalue weighted by molar-refractivity contribution is 7.63. The number of phosphoric acid groups is 1. The van der Waals surface area contributed by atoms with Crippen molar-refractivity contribution >= 4 is 21.3 Å². The molecule has 2 saturated heterocycles. The second kappa shape index (κ2) is 13.0. The van der Waals surface area contributed by atoms with Crippen LogP contribution in [0.4, 0.5) is 0 Å². The summed E-state index contributed by atoms with van der Waals surface area (Å²) in [6, 6.07) is -0.672. The largest absolute Gasteiger partial charge is 0.862 e. The molecule has 1 aromatic heterocycles. The number of nitrogens with zero attached hydrogens (tertiary/aromatic N) is 2. The van der Waals surface area contributed by atoms with Gasteiger partial charge in [-0.15, -0.1) is 0 Å². The third-order valence-corrected chi connectivity index (χ3v) is 8.47. The highest BCUT2D eigenvalue weighted by atomic mass is 31.3. The number of aliphatic imine (C=N–C) groups is 1. The lowest BCUT2D eigenvalue weighted by Gasteiger charge is -2.40. The van der Waals surface area contributed by atoms with E-state index in [9.17, 15) is 59.1 Å². The van der Waals surface area contributed by atoms with Gasteiger partial charge >= 0.3 is 21.1 Å². The molecular formula is C18H28N3O17P2-. The zero-order valence-corrected chi connectivity index (χ0v) is 22.3. The molecule has 11 atom stereocenters. The molecule has 22 heteroatoms. The van der Waals surface area contributed by atoms with Crippen LogP contribution in [0.5, 0.6) is 0 Å². The van der Waals surface area contributed by atoms with Crippen LogP contribution >= 0.6 is 15.4 Å². The van der Waals surface area contributed by atoms with Gasteiger partial charge in [-0.25, -0.2) is 13.7 Å². The summed E-state index contributed by atoms with van der Waals surface area (Å²) in [6.07, 6.45) is -13.7. The second-order valence-corrected chi connectivity index (χ2v) is 12.1. The first kappa shape index (κ1) is 32.6. The minimum absolute atomic E-state index is 0.736. The number of ether oxygens (including phenoxy) is 3. The summed E-state index contributed by atoms with van der Waals surface area (Å²) in [5, 5.41) is 61.2. The molecule has 0 saturated carbocycles. The fourth-order valence-electron chi connectivity index (χ4n) is 3.82. The van der Waals surface area contributed by atoms with Gasteiger partial charge < -0.3 is 54.6 Å². The van der Waals surface area contributed by atoms with Crippen molar-refractivity contribution < 1.29 is 72.6 Å². The summed E-state index contributed by atoms with van der Waals surface area (Å²) < 4.78 is 49.8. The van der Waals surface area contributed by atoms with Crippen molar-refractivity contribution in [1.29, 1.82) is 0 Å². The van der Waals surface area contributed by atoms with Crippen LogP contribution in [0, 0.1) is 0 Å². The van der Waals surface area contributed by atoms with Crippen LogP contribution in [0.25, 0.3) is 0 Å². The van der Waals surface area contributed by atoms with Gasteiger partial charge in [0.25, 0.3) is 5.56 Å². The minimum atomic E-state index is -5.40. The maximum atomic E-state index is 12.4.